The van der Waals surface area contributed by atoms with Gasteiger partial charge in [-0.25, -0.2) is 4.79 Å². The minimum absolute atomic E-state index is 0.210. The zero-order valence-corrected chi connectivity index (χ0v) is 5.22. The second kappa shape index (κ2) is 2.67. The Labute approximate surface area is 53.3 Å². The predicted octanol–water partition coefficient (Wildman–Crippen LogP) is 0.137. The van der Waals surface area contributed by atoms with Gasteiger partial charge in [0.05, 0.1) is 19.8 Å². The molecule has 1 atom stereocenters. The normalized spacial score (nSPS) is 22.6. The molecule has 0 aliphatic carbocycles. The van der Waals surface area contributed by atoms with Gasteiger partial charge in [0.15, 0.2) is 11.7 Å². The SMILES string of the molecule is COC(=C=O)CC1CO1. The first kappa shape index (κ1) is 6.33. The molecule has 1 unspecified atom stereocenters. The van der Waals surface area contributed by atoms with E-state index < -0.39 is 0 Å². The van der Waals surface area contributed by atoms with Gasteiger partial charge in [0.25, 0.3) is 0 Å². The van der Waals surface area contributed by atoms with Crippen LogP contribution in [0, 0.1) is 0 Å². The lowest BCUT2D eigenvalue weighted by Crippen LogP contribution is -1.92. The van der Waals surface area contributed by atoms with Crippen molar-refractivity contribution in [1.29, 1.82) is 0 Å². The topological polar surface area (TPSA) is 38.8 Å². The average Bonchev–Trinajstić information content (AvgIpc) is 2.66. The maximum Gasteiger partial charge on any atom is 0.181 e. The van der Waals surface area contributed by atoms with Crippen molar-refractivity contribution in [2.24, 2.45) is 0 Å². The number of epoxide rings is 1. The minimum atomic E-state index is 0.210. The summed E-state index contributed by atoms with van der Waals surface area (Å²) in [4.78, 5) is 9.96. The van der Waals surface area contributed by atoms with Gasteiger partial charge in [-0.1, -0.05) is 0 Å². The van der Waals surface area contributed by atoms with Crippen LogP contribution in [0.3, 0.4) is 0 Å². The summed E-state index contributed by atoms with van der Waals surface area (Å²) in [5, 5.41) is 0. The molecule has 3 heteroatoms. The van der Waals surface area contributed by atoms with E-state index in [1.165, 1.54) is 7.11 Å². The summed E-state index contributed by atoms with van der Waals surface area (Å²) in [5.74, 6) is 2.03. The summed E-state index contributed by atoms with van der Waals surface area (Å²) in [5.41, 5.74) is 0. The van der Waals surface area contributed by atoms with E-state index >= 15 is 0 Å². The Hall–Kier alpha value is -0.790. The molecule has 1 rings (SSSR count). The molecular formula is C6H8O3. The largest absolute Gasteiger partial charge is 0.490 e. The number of hydrogen-bond donors (Lipinski definition) is 0. The number of carbonyl (C=O) groups excluding carboxylic acids is 1. The van der Waals surface area contributed by atoms with Crippen molar-refractivity contribution in [3.05, 3.63) is 5.76 Å². The molecule has 1 aliphatic rings. The zero-order valence-electron chi connectivity index (χ0n) is 5.22. The first-order chi connectivity index (χ1) is 4.36. The Balaban J connectivity index is 2.29. The van der Waals surface area contributed by atoms with Crippen LogP contribution in [-0.2, 0) is 14.3 Å². The number of rotatable bonds is 3. The molecule has 9 heavy (non-hydrogen) atoms. The van der Waals surface area contributed by atoms with Gasteiger partial charge in [0.1, 0.15) is 0 Å². The highest BCUT2D eigenvalue weighted by Gasteiger charge is 2.24. The van der Waals surface area contributed by atoms with Crippen LogP contribution in [0.1, 0.15) is 6.42 Å². The molecule has 0 saturated carbocycles. The summed E-state index contributed by atoms with van der Waals surface area (Å²) < 4.78 is 9.53. The highest BCUT2D eigenvalue weighted by atomic mass is 16.6. The maximum absolute atomic E-state index is 9.96. The molecule has 0 bridgehead atoms. The van der Waals surface area contributed by atoms with Gasteiger partial charge in [0.2, 0.25) is 0 Å². The van der Waals surface area contributed by atoms with Gasteiger partial charge < -0.3 is 9.47 Å². The summed E-state index contributed by atoms with van der Waals surface area (Å²) in [6, 6.07) is 0. The lowest BCUT2D eigenvalue weighted by atomic mass is 10.3. The third-order valence-corrected chi connectivity index (χ3v) is 1.18. The second-order valence-electron chi connectivity index (χ2n) is 1.89. The molecule has 0 aromatic carbocycles. The van der Waals surface area contributed by atoms with Crippen molar-refractivity contribution in [3.63, 3.8) is 0 Å². The summed E-state index contributed by atoms with van der Waals surface area (Å²) >= 11 is 0. The van der Waals surface area contributed by atoms with Crippen LogP contribution in [0.25, 0.3) is 0 Å². The van der Waals surface area contributed by atoms with Gasteiger partial charge >= 0.3 is 0 Å². The smallest absolute Gasteiger partial charge is 0.181 e. The lowest BCUT2D eigenvalue weighted by Gasteiger charge is -1.95. The molecule has 0 N–H and O–H groups in total. The number of hydrogen-bond acceptors (Lipinski definition) is 3. The van der Waals surface area contributed by atoms with Gasteiger partial charge in [-0.3, -0.25) is 0 Å². The fraction of sp³-hybridized carbons (Fsp3) is 0.667. The van der Waals surface area contributed by atoms with E-state index in [9.17, 15) is 4.79 Å². The molecule has 0 radical (unpaired) electrons. The van der Waals surface area contributed by atoms with Crippen LogP contribution < -0.4 is 0 Å². The molecule has 1 fully saturated rings. The van der Waals surface area contributed by atoms with Crippen LogP contribution in [0.2, 0.25) is 0 Å². The highest BCUT2D eigenvalue weighted by Crippen LogP contribution is 2.17. The van der Waals surface area contributed by atoms with Gasteiger partial charge in [0, 0.05) is 6.42 Å². The van der Waals surface area contributed by atoms with E-state index in [1.54, 1.807) is 5.94 Å². The Morgan fingerprint density at radius 2 is 2.67 bits per heavy atom. The third kappa shape index (κ3) is 1.88. The fourth-order valence-corrected chi connectivity index (χ4v) is 0.559. The van der Waals surface area contributed by atoms with Gasteiger partial charge in [-0.2, -0.15) is 0 Å². The summed E-state index contributed by atoms with van der Waals surface area (Å²) in [7, 11) is 1.46. The van der Waals surface area contributed by atoms with E-state index in [4.69, 9.17) is 4.74 Å². The molecule has 1 saturated heterocycles. The second-order valence-corrected chi connectivity index (χ2v) is 1.89. The molecule has 0 spiro atoms. The summed E-state index contributed by atoms with van der Waals surface area (Å²) in [6.07, 6.45) is 0.779. The minimum Gasteiger partial charge on any atom is -0.490 e. The standard InChI is InChI=1S/C6H8O3/c1-8-5(3-7)2-6-4-9-6/h6H,2,4H2,1H3. The molecule has 50 valence electrons. The van der Waals surface area contributed by atoms with Crippen LogP contribution in [0.4, 0.5) is 0 Å². The van der Waals surface area contributed by atoms with Gasteiger partial charge in [-0.15, -0.1) is 0 Å². The molecule has 0 aromatic rings. The number of methoxy groups -OCH3 is 1. The van der Waals surface area contributed by atoms with Crippen molar-refractivity contribution in [2.45, 2.75) is 12.5 Å². The first-order valence-electron chi connectivity index (χ1n) is 2.76. The van der Waals surface area contributed by atoms with Crippen LogP contribution in [0.5, 0.6) is 0 Å². The Kier molecular flexibility index (Phi) is 1.88. The van der Waals surface area contributed by atoms with E-state index in [0.717, 1.165) is 6.61 Å². The van der Waals surface area contributed by atoms with Crippen molar-refractivity contribution in [1.82, 2.24) is 0 Å². The fourth-order valence-electron chi connectivity index (χ4n) is 0.559. The average molecular weight is 128 g/mol. The van der Waals surface area contributed by atoms with Crippen molar-refractivity contribution < 1.29 is 14.3 Å². The van der Waals surface area contributed by atoms with Crippen LogP contribution in [-0.4, -0.2) is 25.8 Å². The Bertz CT molecular complexity index is 142. The summed E-state index contributed by atoms with van der Waals surface area (Å²) in [6.45, 7) is 0.745. The van der Waals surface area contributed by atoms with E-state index in [0.29, 0.717) is 12.2 Å². The van der Waals surface area contributed by atoms with E-state index in [-0.39, 0.29) is 6.10 Å². The Morgan fingerprint density at radius 1 is 2.00 bits per heavy atom. The van der Waals surface area contributed by atoms with Crippen molar-refractivity contribution in [3.8, 4) is 0 Å². The van der Waals surface area contributed by atoms with Crippen LogP contribution >= 0.6 is 0 Å². The molecule has 3 nitrogen and oxygen atoms in total. The van der Waals surface area contributed by atoms with E-state index in [2.05, 4.69) is 4.74 Å². The molecule has 1 aliphatic heterocycles. The molecule has 1 heterocycles. The molecule has 0 aromatic heterocycles. The predicted molar refractivity (Wildman–Crippen MR) is 30.6 cm³/mol. The van der Waals surface area contributed by atoms with Crippen molar-refractivity contribution >= 4 is 5.94 Å². The molecule has 0 amide bonds. The third-order valence-electron chi connectivity index (χ3n) is 1.18. The van der Waals surface area contributed by atoms with E-state index in [1.807, 2.05) is 0 Å². The maximum atomic E-state index is 9.96. The quantitative estimate of drug-likeness (QED) is 0.308. The number of ether oxygens (including phenoxy) is 2. The van der Waals surface area contributed by atoms with Crippen molar-refractivity contribution in [2.75, 3.05) is 13.7 Å². The van der Waals surface area contributed by atoms with Gasteiger partial charge in [-0.05, 0) is 0 Å². The zero-order chi connectivity index (χ0) is 6.69. The lowest BCUT2D eigenvalue weighted by molar-refractivity contribution is 0.266. The Morgan fingerprint density at radius 3 is 3.00 bits per heavy atom. The highest BCUT2D eigenvalue weighted by molar-refractivity contribution is 5.49. The first-order valence-corrected chi connectivity index (χ1v) is 2.76. The monoisotopic (exact) mass is 128 g/mol. The molecular weight excluding hydrogens is 120 g/mol. The van der Waals surface area contributed by atoms with Crippen LogP contribution in [0.15, 0.2) is 5.76 Å².